The second-order valence-corrected chi connectivity index (χ2v) is 7.88. The molecule has 3 aromatic carbocycles. The molecule has 1 aromatic heterocycles. The largest absolute Gasteiger partial charge is 0.292 e. The normalized spacial score (nSPS) is 11.7. The van der Waals surface area contributed by atoms with E-state index < -0.39 is 0 Å². The molecule has 134 valence electrons. The summed E-state index contributed by atoms with van der Waals surface area (Å²) in [4.78, 5) is 4.92. The number of imidazole rings is 1. The Morgan fingerprint density at radius 1 is 0.852 bits per heavy atom. The molecule has 27 heavy (non-hydrogen) atoms. The zero-order valence-electron chi connectivity index (χ0n) is 16.1. The summed E-state index contributed by atoms with van der Waals surface area (Å²) < 4.78 is 2.24. The quantitative estimate of drug-likeness (QED) is 0.404. The Balaban J connectivity index is 1.91. The minimum Gasteiger partial charge on any atom is -0.292 e. The first-order valence-corrected chi connectivity index (χ1v) is 9.29. The van der Waals surface area contributed by atoms with Crippen LogP contribution in [0.3, 0.4) is 0 Å². The molecule has 0 saturated carbocycles. The molecule has 0 aliphatic rings. The Kier molecular flexibility index (Phi) is 4.19. The number of hydrogen-bond acceptors (Lipinski definition) is 1. The first-order valence-electron chi connectivity index (χ1n) is 9.29. The number of rotatable bonds is 3. The Labute approximate surface area is 160 Å². The summed E-state index contributed by atoms with van der Waals surface area (Å²) in [5, 5.41) is 0. The zero-order valence-corrected chi connectivity index (χ0v) is 16.1. The third-order valence-electron chi connectivity index (χ3n) is 4.96. The average Bonchev–Trinajstić information content (AvgIpc) is 3.07. The molecule has 4 aromatic rings. The van der Waals surface area contributed by atoms with E-state index in [1.54, 1.807) is 0 Å². The van der Waals surface area contributed by atoms with Crippen LogP contribution in [-0.2, 0) is 5.41 Å². The highest BCUT2D eigenvalue weighted by Crippen LogP contribution is 2.30. The molecule has 2 heteroatoms. The van der Waals surface area contributed by atoms with E-state index in [-0.39, 0.29) is 5.41 Å². The maximum Gasteiger partial charge on any atom is 0.145 e. The van der Waals surface area contributed by atoms with Gasteiger partial charge in [0.2, 0.25) is 0 Å². The van der Waals surface area contributed by atoms with Crippen LogP contribution in [0, 0.1) is 0 Å². The van der Waals surface area contributed by atoms with Crippen molar-refractivity contribution in [1.29, 1.82) is 0 Å². The Hall–Kier alpha value is -3.13. The maximum atomic E-state index is 4.92. The number of aromatic nitrogens is 2. The molecule has 0 saturated heterocycles. The summed E-state index contributed by atoms with van der Waals surface area (Å²) in [6.45, 7) is 10.6. The van der Waals surface area contributed by atoms with Crippen LogP contribution in [0.5, 0.6) is 0 Å². The van der Waals surface area contributed by atoms with Gasteiger partial charge in [-0.3, -0.25) is 4.57 Å². The van der Waals surface area contributed by atoms with E-state index in [1.807, 2.05) is 12.1 Å². The van der Waals surface area contributed by atoms with E-state index in [2.05, 4.69) is 98.6 Å². The van der Waals surface area contributed by atoms with E-state index in [1.165, 1.54) is 5.56 Å². The van der Waals surface area contributed by atoms with Gasteiger partial charge in [0, 0.05) is 11.3 Å². The summed E-state index contributed by atoms with van der Waals surface area (Å²) in [6.07, 6.45) is 1.86. The van der Waals surface area contributed by atoms with Gasteiger partial charge in [0.15, 0.2) is 0 Å². The first kappa shape index (κ1) is 17.3. The van der Waals surface area contributed by atoms with Crippen molar-refractivity contribution in [1.82, 2.24) is 9.55 Å². The van der Waals surface area contributed by atoms with E-state index in [0.717, 1.165) is 33.7 Å². The lowest BCUT2D eigenvalue weighted by atomic mass is 9.87. The summed E-state index contributed by atoms with van der Waals surface area (Å²) in [7, 11) is 0. The van der Waals surface area contributed by atoms with Crippen LogP contribution in [0.4, 0.5) is 0 Å². The van der Waals surface area contributed by atoms with Gasteiger partial charge in [-0.25, -0.2) is 4.98 Å². The van der Waals surface area contributed by atoms with Gasteiger partial charge in [-0.05, 0) is 40.8 Å². The molecule has 0 atom stereocenters. The smallest absolute Gasteiger partial charge is 0.145 e. The molecule has 0 aliphatic heterocycles. The zero-order chi connectivity index (χ0) is 19.0. The summed E-state index contributed by atoms with van der Waals surface area (Å²) in [5.74, 6) is 0.954. The minimum absolute atomic E-state index is 0.138. The van der Waals surface area contributed by atoms with Crippen molar-refractivity contribution in [3.8, 4) is 17.1 Å². The maximum absolute atomic E-state index is 4.92. The van der Waals surface area contributed by atoms with Gasteiger partial charge in [-0.2, -0.15) is 0 Å². The van der Waals surface area contributed by atoms with Gasteiger partial charge in [0.05, 0.1) is 11.0 Å². The van der Waals surface area contributed by atoms with Crippen molar-refractivity contribution in [2.45, 2.75) is 26.2 Å². The van der Waals surface area contributed by atoms with Crippen molar-refractivity contribution in [3.63, 3.8) is 0 Å². The summed E-state index contributed by atoms with van der Waals surface area (Å²) >= 11 is 0. The second kappa shape index (κ2) is 6.55. The highest BCUT2D eigenvalue weighted by atomic mass is 15.1. The third kappa shape index (κ3) is 3.19. The van der Waals surface area contributed by atoms with E-state index in [0.29, 0.717) is 0 Å². The van der Waals surface area contributed by atoms with E-state index in [4.69, 9.17) is 4.98 Å². The lowest BCUT2D eigenvalue weighted by molar-refractivity contribution is 0.590. The molecule has 0 N–H and O–H groups in total. The van der Waals surface area contributed by atoms with Crippen molar-refractivity contribution >= 4 is 17.1 Å². The topological polar surface area (TPSA) is 17.8 Å². The summed E-state index contributed by atoms with van der Waals surface area (Å²) in [5.41, 5.74) is 6.91. The van der Waals surface area contributed by atoms with Crippen LogP contribution in [-0.4, -0.2) is 9.55 Å². The third-order valence-corrected chi connectivity index (χ3v) is 4.96. The standard InChI is InChI=1S/C25H24N2/c1-5-18-10-12-19(13-11-18)24-26-22-8-6-7-9-23(22)27(24)21-16-14-20(15-17-21)25(2,3)4/h5-17H,1H2,2-4H3. The minimum atomic E-state index is 0.138. The van der Waals surface area contributed by atoms with Gasteiger partial charge >= 0.3 is 0 Å². The molecule has 2 nitrogen and oxygen atoms in total. The lowest BCUT2D eigenvalue weighted by Crippen LogP contribution is -2.11. The van der Waals surface area contributed by atoms with Crippen LogP contribution in [0.25, 0.3) is 34.2 Å². The second-order valence-electron chi connectivity index (χ2n) is 7.88. The Morgan fingerprint density at radius 3 is 2.15 bits per heavy atom. The van der Waals surface area contributed by atoms with Crippen molar-refractivity contribution in [2.75, 3.05) is 0 Å². The van der Waals surface area contributed by atoms with Gasteiger partial charge in [-0.15, -0.1) is 0 Å². The molecular formula is C25H24N2. The number of hydrogen-bond donors (Lipinski definition) is 0. The average molecular weight is 352 g/mol. The molecule has 0 radical (unpaired) electrons. The van der Waals surface area contributed by atoms with Crippen molar-refractivity contribution in [3.05, 3.63) is 90.5 Å². The van der Waals surface area contributed by atoms with Crippen molar-refractivity contribution < 1.29 is 0 Å². The number of benzene rings is 3. The van der Waals surface area contributed by atoms with Crippen molar-refractivity contribution in [2.24, 2.45) is 0 Å². The Morgan fingerprint density at radius 2 is 1.52 bits per heavy atom. The number of fused-ring (bicyclic) bond motifs is 1. The monoisotopic (exact) mass is 352 g/mol. The van der Waals surface area contributed by atoms with Crippen LogP contribution >= 0.6 is 0 Å². The van der Waals surface area contributed by atoms with Gasteiger partial charge in [0.1, 0.15) is 5.82 Å². The summed E-state index contributed by atoms with van der Waals surface area (Å²) in [6, 6.07) is 25.5. The highest BCUT2D eigenvalue weighted by molar-refractivity contribution is 5.83. The van der Waals surface area contributed by atoms with Gasteiger partial charge in [0.25, 0.3) is 0 Å². The van der Waals surface area contributed by atoms with Gasteiger partial charge in [-0.1, -0.05) is 82.0 Å². The van der Waals surface area contributed by atoms with Crippen LogP contribution < -0.4 is 0 Å². The fourth-order valence-corrected chi connectivity index (χ4v) is 3.36. The molecule has 0 unspecified atom stereocenters. The molecule has 1 heterocycles. The van der Waals surface area contributed by atoms with E-state index in [9.17, 15) is 0 Å². The highest BCUT2D eigenvalue weighted by Gasteiger charge is 2.16. The van der Waals surface area contributed by atoms with Crippen LogP contribution in [0.15, 0.2) is 79.4 Å². The Bertz CT molecular complexity index is 1090. The molecular weight excluding hydrogens is 328 g/mol. The van der Waals surface area contributed by atoms with E-state index >= 15 is 0 Å². The fraction of sp³-hybridized carbons (Fsp3) is 0.160. The molecule has 0 aliphatic carbocycles. The molecule has 0 fully saturated rings. The van der Waals surface area contributed by atoms with Gasteiger partial charge < -0.3 is 0 Å². The molecule has 0 bridgehead atoms. The van der Waals surface area contributed by atoms with Crippen LogP contribution in [0.1, 0.15) is 31.9 Å². The fourth-order valence-electron chi connectivity index (χ4n) is 3.36. The first-order chi connectivity index (χ1) is 13.0. The molecule has 0 spiro atoms. The predicted molar refractivity (Wildman–Crippen MR) is 115 cm³/mol. The van der Waals surface area contributed by atoms with Crippen LogP contribution in [0.2, 0.25) is 0 Å². The number of para-hydroxylation sites is 2. The molecule has 0 amide bonds. The number of nitrogens with zero attached hydrogens (tertiary/aromatic N) is 2. The molecule has 4 rings (SSSR count). The predicted octanol–water partition coefficient (Wildman–Crippen LogP) is 6.63. The SMILES string of the molecule is C=Cc1ccc(-c2nc3ccccc3n2-c2ccc(C(C)(C)C)cc2)cc1. The lowest BCUT2D eigenvalue weighted by Gasteiger charge is -2.19.